The van der Waals surface area contributed by atoms with Crippen LogP contribution in [0.1, 0.15) is 17.7 Å². The van der Waals surface area contributed by atoms with Crippen LogP contribution in [-0.2, 0) is 17.7 Å². The predicted octanol–water partition coefficient (Wildman–Crippen LogP) is 5.40. The summed E-state index contributed by atoms with van der Waals surface area (Å²) in [6, 6.07) is 15.6. The van der Waals surface area contributed by atoms with Crippen LogP contribution >= 0.6 is 22.9 Å². The van der Waals surface area contributed by atoms with E-state index in [0.29, 0.717) is 49.2 Å². The van der Waals surface area contributed by atoms with Crippen LogP contribution in [0, 0.1) is 6.92 Å². The Morgan fingerprint density at radius 1 is 1.04 bits per heavy atom. The molecule has 0 amide bonds. The highest BCUT2D eigenvalue weighted by Crippen LogP contribution is 2.30. The number of anilines is 3. The number of nitrogens with zero attached hydrogens (tertiary/aromatic N) is 6. The fraction of sp³-hybridized carbons (Fsp3) is 0.188. The van der Waals surface area contributed by atoms with Crippen molar-refractivity contribution in [2.75, 3.05) is 23.7 Å². The first kappa shape index (κ1) is 30.3. The zero-order valence-corrected chi connectivity index (χ0v) is 27.0. The summed E-state index contributed by atoms with van der Waals surface area (Å²) in [5, 5.41) is 13.2. The molecule has 1 fully saturated rings. The Labute approximate surface area is 276 Å². The lowest BCUT2D eigenvalue weighted by Crippen LogP contribution is -2.25. The van der Waals surface area contributed by atoms with E-state index >= 15 is 0 Å². The predicted molar refractivity (Wildman–Crippen MR) is 182 cm³/mol. The van der Waals surface area contributed by atoms with Gasteiger partial charge in [-0.15, -0.1) is 0 Å². The first-order valence-corrected chi connectivity index (χ1v) is 17.0. The number of hydrogen-bond donors (Lipinski definition) is 3. The summed E-state index contributed by atoms with van der Waals surface area (Å²) >= 11 is 6.21. The Kier molecular flexibility index (Phi) is 8.65. The molecule has 1 saturated heterocycles. The van der Waals surface area contributed by atoms with Gasteiger partial charge >= 0.3 is 4.34 Å². The molecule has 0 bridgehead atoms. The van der Waals surface area contributed by atoms with Gasteiger partial charge in [-0.3, -0.25) is 14.3 Å². The van der Waals surface area contributed by atoms with Crippen molar-refractivity contribution in [2.24, 2.45) is 0 Å². The van der Waals surface area contributed by atoms with Gasteiger partial charge in [-0.2, -0.15) is 9.97 Å². The number of thiazole rings is 1. The van der Waals surface area contributed by atoms with Crippen LogP contribution in [0.25, 0.3) is 22.2 Å². The van der Waals surface area contributed by atoms with E-state index in [1.165, 1.54) is 28.3 Å². The van der Waals surface area contributed by atoms with E-state index in [1.54, 1.807) is 23.8 Å². The lowest BCUT2D eigenvalue weighted by atomic mass is 10.0. The molecule has 0 aliphatic carbocycles. The molecular weight excluding hydrogens is 642 g/mol. The van der Waals surface area contributed by atoms with E-state index in [9.17, 15) is 9.35 Å². The molecule has 1 aliphatic rings. The fourth-order valence-electron chi connectivity index (χ4n) is 5.34. The summed E-state index contributed by atoms with van der Waals surface area (Å²) in [6.07, 6.45) is 7.32. The molecule has 0 radical (unpaired) electrons. The Morgan fingerprint density at radius 2 is 1.87 bits per heavy atom. The van der Waals surface area contributed by atoms with Crippen molar-refractivity contribution < 1.29 is 4.55 Å². The number of nitrogens with one attached hydrogen (secondary N) is 3. The third-order valence-corrected chi connectivity index (χ3v) is 10.3. The van der Waals surface area contributed by atoms with Crippen LogP contribution in [0.2, 0.25) is 5.02 Å². The van der Waals surface area contributed by atoms with Gasteiger partial charge in [0.15, 0.2) is 0 Å². The van der Waals surface area contributed by atoms with Crippen LogP contribution in [0.4, 0.5) is 17.3 Å². The zero-order chi connectivity index (χ0) is 31.6. The van der Waals surface area contributed by atoms with Crippen LogP contribution in [0.5, 0.6) is 0 Å². The molecule has 7 rings (SSSR count). The number of hydrogen-bond acceptors (Lipinski definition) is 11. The van der Waals surface area contributed by atoms with Gasteiger partial charge in [0.1, 0.15) is 11.3 Å². The largest absolute Gasteiger partial charge is 0.603 e. The van der Waals surface area contributed by atoms with Gasteiger partial charge in [0.05, 0.1) is 23.9 Å². The molecule has 6 aromatic rings. The van der Waals surface area contributed by atoms with Gasteiger partial charge in [0.2, 0.25) is 5.95 Å². The quantitative estimate of drug-likeness (QED) is 0.171. The topological polar surface area (TPSA) is 146 Å². The summed E-state index contributed by atoms with van der Waals surface area (Å²) in [5.41, 5.74) is 4.17. The minimum atomic E-state index is -1.68. The van der Waals surface area contributed by atoms with Gasteiger partial charge in [-0.05, 0) is 61.9 Å². The first-order chi connectivity index (χ1) is 22.4. The lowest BCUT2D eigenvalue weighted by molar-refractivity contribution is 0.585. The number of fused-ring (bicyclic) bond motifs is 1. The number of benzene rings is 2. The van der Waals surface area contributed by atoms with Crippen molar-refractivity contribution in [3.63, 3.8) is 0 Å². The number of aromatic nitrogens is 6. The van der Waals surface area contributed by atoms with Gasteiger partial charge in [-0.25, -0.2) is 9.97 Å². The van der Waals surface area contributed by atoms with Crippen molar-refractivity contribution in [3.8, 4) is 11.1 Å². The Morgan fingerprint density at radius 3 is 2.63 bits per heavy atom. The van der Waals surface area contributed by atoms with Gasteiger partial charge in [0, 0.05) is 69.5 Å². The SMILES string of the molecule is Cc1ccc(-c2cc3cnc(Nc4ccc(NC5CCNC5)cc4)nc3n(Cc3nccnc3[S+]([O-])c3nccs3)c2=O)c(Cl)c1. The molecule has 14 heteroatoms. The van der Waals surface area contributed by atoms with Crippen molar-refractivity contribution in [1.29, 1.82) is 0 Å². The second kappa shape index (κ2) is 13.1. The molecule has 2 atom stereocenters. The van der Waals surface area contributed by atoms with E-state index in [4.69, 9.17) is 16.6 Å². The average molecular weight is 670 g/mol. The summed E-state index contributed by atoms with van der Waals surface area (Å²) in [5.74, 6) is 0.313. The summed E-state index contributed by atoms with van der Waals surface area (Å²) in [7, 11) is 0. The second-order valence-electron chi connectivity index (χ2n) is 10.8. The van der Waals surface area contributed by atoms with Crippen LogP contribution in [0.3, 0.4) is 0 Å². The van der Waals surface area contributed by atoms with E-state index in [0.717, 1.165) is 36.4 Å². The van der Waals surface area contributed by atoms with Crippen molar-refractivity contribution in [1.82, 2.24) is 34.8 Å². The number of rotatable bonds is 9. The normalized spacial score (nSPS) is 15.2. The second-order valence-corrected chi connectivity index (χ2v) is 13.7. The molecule has 0 saturated carbocycles. The molecular formula is C32H28ClN9O2S2. The molecule has 0 spiro atoms. The zero-order valence-electron chi connectivity index (χ0n) is 24.6. The van der Waals surface area contributed by atoms with Crippen molar-refractivity contribution in [3.05, 3.63) is 105 Å². The minimum absolute atomic E-state index is 0.0419. The summed E-state index contributed by atoms with van der Waals surface area (Å²) < 4.78 is 15.3. The average Bonchev–Trinajstić information content (AvgIpc) is 3.79. The van der Waals surface area contributed by atoms with Gasteiger partial charge in [-0.1, -0.05) is 35.1 Å². The molecule has 2 unspecified atom stereocenters. The van der Waals surface area contributed by atoms with Crippen LogP contribution in [-0.4, -0.2) is 53.2 Å². The molecule has 1 aliphatic heterocycles. The van der Waals surface area contributed by atoms with E-state index in [1.807, 2.05) is 49.4 Å². The van der Waals surface area contributed by atoms with Crippen molar-refractivity contribution >= 4 is 62.5 Å². The maximum Gasteiger partial charge on any atom is 0.308 e. The Hall–Kier alpha value is -4.40. The smallest absolute Gasteiger partial charge is 0.308 e. The molecule has 46 heavy (non-hydrogen) atoms. The van der Waals surface area contributed by atoms with E-state index < -0.39 is 11.2 Å². The van der Waals surface area contributed by atoms with E-state index in [-0.39, 0.29) is 17.1 Å². The Bertz CT molecular complexity index is 2070. The highest BCUT2D eigenvalue weighted by molar-refractivity contribution is 7.93. The van der Waals surface area contributed by atoms with Crippen LogP contribution < -0.4 is 21.5 Å². The summed E-state index contributed by atoms with van der Waals surface area (Å²) in [6.45, 7) is 3.86. The van der Waals surface area contributed by atoms with Gasteiger partial charge in [0.25, 0.3) is 10.6 Å². The van der Waals surface area contributed by atoms with E-state index in [2.05, 4.69) is 35.9 Å². The molecule has 2 aromatic carbocycles. The summed E-state index contributed by atoms with van der Waals surface area (Å²) in [4.78, 5) is 36.6. The third kappa shape index (κ3) is 6.32. The molecule has 3 N–H and O–H groups in total. The van der Waals surface area contributed by atoms with Crippen LogP contribution in [0.15, 0.2) is 92.9 Å². The maximum absolute atomic E-state index is 14.3. The monoisotopic (exact) mass is 669 g/mol. The molecule has 232 valence electrons. The number of aryl methyl sites for hydroxylation is 1. The maximum atomic E-state index is 14.3. The highest BCUT2D eigenvalue weighted by Gasteiger charge is 2.26. The Balaban J connectivity index is 1.29. The molecule has 5 heterocycles. The number of halogens is 1. The lowest BCUT2D eigenvalue weighted by Gasteiger charge is -2.16. The molecule has 4 aromatic heterocycles. The van der Waals surface area contributed by atoms with Gasteiger partial charge < -0.3 is 20.5 Å². The standard InChI is InChI=1S/C32H28ClN9O2S2/c1-19-2-7-24(26(33)14-19)25-15-20-16-38-31(40-22-5-3-21(4-6-22)39-23-8-9-34-17-23)41-28(20)42(30(25)43)18-27-29(36-11-10-35-27)46(44)32-37-12-13-45-32/h2-7,10-16,23,34,39H,8-9,17-18H2,1H3,(H,38,40,41). The highest BCUT2D eigenvalue weighted by atomic mass is 35.5. The molecule has 11 nitrogen and oxygen atoms in total. The number of pyridine rings is 1. The first-order valence-electron chi connectivity index (χ1n) is 14.6. The fourth-order valence-corrected chi connectivity index (χ4v) is 7.60. The minimum Gasteiger partial charge on any atom is -0.603 e. The van der Waals surface area contributed by atoms with Crippen molar-refractivity contribution in [2.45, 2.75) is 35.3 Å². The third-order valence-electron chi connectivity index (χ3n) is 7.60.